The third-order valence-electron chi connectivity index (χ3n) is 3.32. The molecule has 0 aliphatic carbocycles. The summed E-state index contributed by atoms with van der Waals surface area (Å²) in [6.45, 7) is 6.16. The van der Waals surface area contributed by atoms with Crippen LogP contribution in [-0.2, 0) is 10.2 Å². The van der Waals surface area contributed by atoms with Gasteiger partial charge in [0.2, 0.25) is 5.91 Å². The van der Waals surface area contributed by atoms with Crippen LogP contribution in [0, 0.1) is 0 Å². The lowest BCUT2D eigenvalue weighted by Gasteiger charge is -2.23. The molecular formula is C17H21N3O2S. The fourth-order valence-electron chi connectivity index (χ4n) is 2.11. The highest BCUT2D eigenvalue weighted by atomic mass is 32.1. The van der Waals surface area contributed by atoms with Gasteiger partial charge < -0.3 is 16.0 Å². The number of carbonyl (C=O) groups is 2. The SMILES string of the molecule is CC(=O)Nc1cccc(NC(=O)NCC(C)(C)c2cccs2)c1. The Morgan fingerprint density at radius 2 is 1.78 bits per heavy atom. The highest BCUT2D eigenvalue weighted by Crippen LogP contribution is 2.26. The van der Waals surface area contributed by atoms with Crippen molar-refractivity contribution in [3.63, 3.8) is 0 Å². The van der Waals surface area contributed by atoms with Crippen LogP contribution in [0.5, 0.6) is 0 Å². The van der Waals surface area contributed by atoms with Crippen LogP contribution in [0.2, 0.25) is 0 Å². The second-order valence-corrected chi connectivity index (χ2v) is 6.88. The smallest absolute Gasteiger partial charge is 0.319 e. The average molecular weight is 331 g/mol. The first-order valence-corrected chi connectivity index (χ1v) is 8.21. The zero-order valence-corrected chi connectivity index (χ0v) is 14.3. The first kappa shape index (κ1) is 17.0. The molecule has 0 aliphatic heterocycles. The molecule has 23 heavy (non-hydrogen) atoms. The van der Waals surface area contributed by atoms with E-state index >= 15 is 0 Å². The monoisotopic (exact) mass is 331 g/mol. The summed E-state index contributed by atoms with van der Waals surface area (Å²) in [5.74, 6) is -0.149. The van der Waals surface area contributed by atoms with Crippen molar-refractivity contribution in [3.8, 4) is 0 Å². The number of anilines is 2. The normalized spacial score (nSPS) is 10.9. The van der Waals surface area contributed by atoms with E-state index in [1.165, 1.54) is 11.8 Å². The minimum Gasteiger partial charge on any atom is -0.337 e. The van der Waals surface area contributed by atoms with E-state index in [4.69, 9.17) is 0 Å². The number of nitrogens with one attached hydrogen (secondary N) is 3. The Labute approximate surface area is 140 Å². The molecule has 0 fully saturated rings. The van der Waals surface area contributed by atoms with E-state index in [1.54, 1.807) is 35.6 Å². The zero-order chi connectivity index (χ0) is 16.9. The maximum atomic E-state index is 12.1. The van der Waals surface area contributed by atoms with Crippen LogP contribution in [0.3, 0.4) is 0 Å². The van der Waals surface area contributed by atoms with E-state index in [2.05, 4.69) is 35.9 Å². The molecule has 0 saturated heterocycles. The molecule has 122 valence electrons. The van der Waals surface area contributed by atoms with E-state index in [0.29, 0.717) is 17.9 Å². The lowest BCUT2D eigenvalue weighted by atomic mass is 9.91. The van der Waals surface area contributed by atoms with Crippen molar-refractivity contribution in [1.29, 1.82) is 0 Å². The van der Waals surface area contributed by atoms with Gasteiger partial charge in [0.1, 0.15) is 0 Å². The van der Waals surface area contributed by atoms with Gasteiger partial charge in [-0.05, 0) is 29.6 Å². The van der Waals surface area contributed by atoms with Crippen molar-refractivity contribution < 1.29 is 9.59 Å². The van der Waals surface area contributed by atoms with Crippen LogP contribution >= 0.6 is 11.3 Å². The summed E-state index contributed by atoms with van der Waals surface area (Å²) in [4.78, 5) is 24.3. The summed E-state index contributed by atoms with van der Waals surface area (Å²) in [5.41, 5.74) is 1.15. The molecule has 0 saturated carbocycles. The molecule has 0 spiro atoms. The lowest BCUT2D eigenvalue weighted by molar-refractivity contribution is -0.114. The standard InChI is InChI=1S/C17H21N3O2S/c1-12(21)19-13-6-4-7-14(10-13)20-16(22)18-11-17(2,3)15-8-5-9-23-15/h4-10H,11H2,1-3H3,(H,19,21)(H2,18,20,22). The topological polar surface area (TPSA) is 70.2 Å². The van der Waals surface area contributed by atoms with Crippen molar-refractivity contribution in [3.05, 3.63) is 46.7 Å². The summed E-state index contributed by atoms with van der Waals surface area (Å²) >= 11 is 1.68. The molecule has 0 bridgehead atoms. The summed E-state index contributed by atoms with van der Waals surface area (Å²) < 4.78 is 0. The molecule has 0 unspecified atom stereocenters. The highest BCUT2D eigenvalue weighted by molar-refractivity contribution is 7.10. The first-order chi connectivity index (χ1) is 10.9. The van der Waals surface area contributed by atoms with E-state index in [1.807, 2.05) is 11.4 Å². The number of hydrogen-bond acceptors (Lipinski definition) is 3. The van der Waals surface area contributed by atoms with Gasteiger partial charge in [-0.15, -0.1) is 11.3 Å². The van der Waals surface area contributed by atoms with E-state index < -0.39 is 0 Å². The molecule has 3 amide bonds. The highest BCUT2D eigenvalue weighted by Gasteiger charge is 2.22. The van der Waals surface area contributed by atoms with Crippen molar-refractivity contribution in [1.82, 2.24) is 5.32 Å². The molecule has 5 nitrogen and oxygen atoms in total. The van der Waals surface area contributed by atoms with Crippen LogP contribution in [0.1, 0.15) is 25.6 Å². The van der Waals surface area contributed by atoms with Gasteiger partial charge >= 0.3 is 6.03 Å². The summed E-state index contributed by atoms with van der Waals surface area (Å²) in [6.07, 6.45) is 0. The molecule has 0 radical (unpaired) electrons. The van der Waals surface area contributed by atoms with Crippen molar-refractivity contribution >= 4 is 34.6 Å². The van der Waals surface area contributed by atoms with Gasteiger partial charge in [-0.2, -0.15) is 0 Å². The molecule has 2 aromatic rings. The Morgan fingerprint density at radius 1 is 1.09 bits per heavy atom. The van der Waals surface area contributed by atoms with Crippen LogP contribution in [0.25, 0.3) is 0 Å². The van der Waals surface area contributed by atoms with Crippen LogP contribution in [0.15, 0.2) is 41.8 Å². The van der Waals surface area contributed by atoms with Gasteiger partial charge in [0.05, 0.1) is 0 Å². The van der Waals surface area contributed by atoms with Gasteiger partial charge in [0.15, 0.2) is 0 Å². The Kier molecular flexibility index (Phi) is 5.39. The maximum Gasteiger partial charge on any atom is 0.319 e. The third kappa shape index (κ3) is 5.10. The third-order valence-corrected chi connectivity index (χ3v) is 4.56. The molecule has 2 rings (SSSR count). The number of hydrogen-bond donors (Lipinski definition) is 3. The number of urea groups is 1. The fraction of sp³-hybridized carbons (Fsp3) is 0.294. The molecule has 1 aromatic carbocycles. The molecule has 1 aromatic heterocycles. The Morgan fingerprint density at radius 3 is 2.39 bits per heavy atom. The number of benzene rings is 1. The molecule has 3 N–H and O–H groups in total. The minimum absolute atomic E-state index is 0.121. The molecule has 0 aliphatic rings. The van der Waals surface area contributed by atoms with Crippen LogP contribution < -0.4 is 16.0 Å². The molecule has 1 heterocycles. The van der Waals surface area contributed by atoms with Gasteiger partial charge in [0, 0.05) is 35.1 Å². The van der Waals surface area contributed by atoms with E-state index in [0.717, 1.165) is 0 Å². The predicted molar refractivity (Wildman–Crippen MR) is 95.1 cm³/mol. The van der Waals surface area contributed by atoms with Crippen molar-refractivity contribution in [2.24, 2.45) is 0 Å². The van der Waals surface area contributed by atoms with E-state index in [9.17, 15) is 9.59 Å². The number of thiophene rings is 1. The van der Waals surface area contributed by atoms with Gasteiger partial charge in [-0.25, -0.2) is 4.79 Å². The Balaban J connectivity index is 1.91. The average Bonchev–Trinajstić information content (AvgIpc) is 3.00. The van der Waals surface area contributed by atoms with Crippen LogP contribution in [0.4, 0.5) is 16.2 Å². The second kappa shape index (κ2) is 7.28. The number of amides is 3. The Hall–Kier alpha value is -2.34. The van der Waals surface area contributed by atoms with Gasteiger partial charge in [-0.3, -0.25) is 4.79 Å². The number of rotatable bonds is 5. The lowest BCUT2D eigenvalue weighted by Crippen LogP contribution is -2.38. The zero-order valence-electron chi connectivity index (χ0n) is 13.5. The summed E-state index contributed by atoms with van der Waals surface area (Å²) in [7, 11) is 0. The fourth-order valence-corrected chi connectivity index (χ4v) is 2.96. The molecular weight excluding hydrogens is 310 g/mol. The quantitative estimate of drug-likeness (QED) is 0.780. The predicted octanol–water partition coefficient (Wildman–Crippen LogP) is 3.81. The second-order valence-electron chi connectivity index (χ2n) is 5.93. The van der Waals surface area contributed by atoms with Crippen molar-refractivity contribution in [2.45, 2.75) is 26.2 Å². The summed E-state index contributed by atoms with van der Waals surface area (Å²) in [5, 5.41) is 10.4. The Bertz CT molecular complexity index is 681. The van der Waals surface area contributed by atoms with Gasteiger partial charge in [-0.1, -0.05) is 26.0 Å². The molecule has 0 atom stereocenters. The number of carbonyl (C=O) groups excluding carboxylic acids is 2. The first-order valence-electron chi connectivity index (χ1n) is 7.33. The summed E-state index contributed by atoms with van der Waals surface area (Å²) in [6, 6.07) is 10.8. The van der Waals surface area contributed by atoms with Crippen LogP contribution in [-0.4, -0.2) is 18.5 Å². The van der Waals surface area contributed by atoms with E-state index in [-0.39, 0.29) is 17.4 Å². The van der Waals surface area contributed by atoms with Crippen molar-refractivity contribution in [2.75, 3.05) is 17.2 Å². The maximum absolute atomic E-state index is 12.1. The van der Waals surface area contributed by atoms with Gasteiger partial charge in [0.25, 0.3) is 0 Å². The molecule has 6 heteroatoms. The largest absolute Gasteiger partial charge is 0.337 e. The minimum atomic E-state index is -0.269.